The van der Waals surface area contributed by atoms with Crippen LogP contribution in [0.15, 0.2) is 11.3 Å². The van der Waals surface area contributed by atoms with Crippen molar-refractivity contribution in [2.75, 3.05) is 20.2 Å². The van der Waals surface area contributed by atoms with Gasteiger partial charge in [-0.1, -0.05) is 0 Å². The first-order valence-corrected chi connectivity index (χ1v) is 7.12. The van der Waals surface area contributed by atoms with Gasteiger partial charge in [0.2, 0.25) is 0 Å². The molecule has 21 heavy (non-hydrogen) atoms. The molecule has 1 saturated heterocycles. The van der Waals surface area contributed by atoms with Crippen LogP contribution in [-0.2, 0) is 17.8 Å². The van der Waals surface area contributed by atoms with Crippen LogP contribution in [0, 0.1) is 0 Å². The second-order valence-electron chi connectivity index (χ2n) is 5.21. The predicted octanol–water partition coefficient (Wildman–Crippen LogP) is 1.15. The van der Waals surface area contributed by atoms with Gasteiger partial charge in [0, 0.05) is 26.7 Å². The lowest BCUT2D eigenvalue weighted by Crippen LogP contribution is -2.45. The van der Waals surface area contributed by atoms with Crippen LogP contribution in [0.5, 0.6) is 0 Å². The summed E-state index contributed by atoms with van der Waals surface area (Å²) in [4.78, 5) is 4.22. The van der Waals surface area contributed by atoms with Gasteiger partial charge >= 0.3 is 0 Å². The highest BCUT2D eigenvalue weighted by Gasteiger charge is 2.29. The molecule has 1 unspecified atom stereocenters. The molecule has 1 aromatic rings. The van der Waals surface area contributed by atoms with E-state index in [1.807, 2.05) is 4.57 Å². The van der Waals surface area contributed by atoms with Gasteiger partial charge in [-0.25, -0.2) is 0 Å². The Morgan fingerprint density at radius 3 is 2.95 bits per heavy atom. The Bertz CT molecular complexity index is 455. The Morgan fingerprint density at radius 1 is 1.52 bits per heavy atom. The van der Waals surface area contributed by atoms with Crippen molar-refractivity contribution in [1.29, 1.82) is 0 Å². The van der Waals surface area contributed by atoms with Crippen molar-refractivity contribution in [2.45, 2.75) is 45.4 Å². The number of guanidine groups is 1. The molecule has 1 fully saturated rings. The Kier molecular flexibility index (Phi) is 7.36. The molecule has 1 aliphatic heterocycles. The molecule has 1 aromatic heterocycles. The van der Waals surface area contributed by atoms with Crippen LogP contribution in [0.1, 0.15) is 32.5 Å². The molecule has 0 saturated carbocycles. The number of halogens is 1. The van der Waals surface area contributed by atoms with E-state index in [4.69, 9.17) is 4.74 Å². The number of nitrogens with one attached hydrogen (secondary N) is 2. The number of aryl methyl sites for hydroxylation is 1. The van der Waals surface area contributed by atoms with E-state index in [2.05, 4.69) is 39.7 Å². The van der Waals surface area contributed by atoms with Gasteiger partial charge in [-0.15, -0.1) is 34.2 Å². The molecular formula is C13H25IN6O. The fourth-order valence-corrected chi connectivity index (χ4v) is 2.31. The minimum Gasteiger partial charge on any atom is -0.373 e. The number of nitrogens with zero attached hydrogens (tertiary/aromatic N) is 4. The standard InChI is InChI=1S/C13H24N6O.HI/c1-4-19-10-17-18-11(19)8-15-12(14-3)16-9-13(2)6-5-7-20-13;/h10H,4-9H2,1-3H3,(H2,14,15,16);1H. The van der Waals surface area contributed by atoms with E-state index in [0.29, 0.717) is 6.54 Å². The van der Waals surface area contributed by atoms with E-state index < -0.39 is 0 Å². The number of hydrogen-bond donors (Lipinski definition) is 2. The first-order chi connectivity index (χ1) is 9.67. The van der Waals surface area contributed by atoms with E-state index in [1.165, 1.54) is 0 Å². The van der Waals surface area contributed by atoms with E-state index in [-0.39, 0.29) is 29.6 Å². The Morgan fingerprint density at radius 2 is 2.33 bits per heavy atom. The van der Waals surface area contributed by atoms with Crippen molar-refractivity contribution >= 4 is 29.9 Å². The Balaban J connectivity index is 0.00000220. The van der Waals surface area contributed by atoms with Crippen molar-refractivity contribution < 1.29 is 4.74 Å². The molecule has 0 radical (unpaired) electrons. The molecule has 1 aliphatic rings. The van der Waals surface area contributed by atoms with Gasteiger partial charge in [0.15, 0.2) is 11.8 Å². The third kappa shape index (κ3) is 5.10. The zero-order valence-corrected chi connectivity index (χ0v) is 15.3. The quantitative estimate of drug-likeness (QED) is 0.435. The molecule has 8 heteroatoms. The summed E-state index contributed by atoms with van der Waals surface area (Å²) in [5.41, 5.74) is -0.0823. The minimum atomic E-state index is -0.0823. The number of ether oxygens (including phenoxy) is 1. The summed E-state index contributed by atoms with van der Waals surface area (Å²) < 4.78 is 7.75. The molecule has 0 aromatic carbocycles. The maximum Gasteiger partial charge on any atom is 0.191 e. The van der Waals surface area contributed by atoms with Crippen molar-refractivity contribution in [1.82, 2.24) is 25.4 Å². The third-order valence-electron chi connectivity index (χ3n) is 3.60. The highest BCUT2D eigenvalue weighted by Crippen LogP contribution is 2.23. The van der Waals surface area contributed by atoms with Crippen molar-refractivity contribution in [3.8, 4) is 0 Å². The van der Waals surface area contributed by atoms with Crippen LogP contribution in [0.4, 0.5) is 0 Å². The average Bonchev–Trinajstić information content (AvgIpc) is 3.08. The second-order valence-corrected chi connectivity index (χ2v) is 5.21. The van der Waals surface area contributed by atoms with Gasteiger partial charge in [0.25, 0.3) is 0 Å². The number of aliphatic imine (C=N–C) groups is 1. The van der Waals surface area contributed by atoms with Crippen LogP contribution in [0.25, 0.3) is 0 Å². The van der Waals surface area contributed by atoms with Crippen molar-refractivity contribution in [3.63, 3.8) is 0 Å². The number of aromatic nitrogens is 3. The van der Waals surface area contributed by atoms with Gasteiger partial charge in [-0.3, -0.25) is 4.99 Å². The maximum atomic E-state index is 5.75. The number of rotatable bonds is 5. The van der Waals surface area contributed by atoms with Crippen LogP contribution in [-0.4, -0.2) is 46.5 Å². The monoisotopic (exact) mass is 408 g/mol. The molecule has 2 rings (SSSR count). The molecular weight excluding hydrogens is 383 g/mol. The van der Waals surface area contributed by atoms with E-state index in [0.717, 1.165) is 44.3 Å². The molecule has 2 N–H and O–H groups in total. The fourth-order valence-electron chi connectivity index (χ4n) is 2.31. The van der Waals surface area contributed by atoms with Gasteiger partial charge in [-0.05, 0) is 26.7 Å². The van der Waals surface area contributed by atoms with Gasteiger partial charge in [0.1, 0.15) is 6.33 Å². The molecule has 0 aliphatic carbocycles. The summed E-state index contributed by atoms with van der Waals surface area (Å²) in [7, 11) is 1.76. The fraction of sp³-hybridized carbons (Fsp3) is 0.769. The first kappa shape index (κ1) is 18.1. The first-order valence-electron chi connectivity index (χ1n) is 7.12. The number of hydrogen-bond acceptors (Lipinski definition) is 4. The summed E-state index contributed by atoms with van der Waals surface area (Å²) in [5.74, 6) is 1.66. The lowest BCUT2D eigenvalue weighted by Gasteiger charge is -2.24. The lowest BCUT2D eigenvalue weighted by atomic mass is 10.0. The Labute approximate surface area is 143 Å². The molecule has 0 amide bonds. The average molecular weight is 408 g/mol. The van der Waals surface area contributed by atoms with Crippen LogP contribution < -0.4 is 10.6 Å². The van der Waals surface area contributed by atoms with Crippen molar-refractivity contribution in [3.05, 3.63) is 12.2 Å². The summed E-state index contributed by atoms with van der Waals surface area (Å²) in [6.45, 7) is 7.27. The molecule has 0 spiro atoms. The summed E-state index contributed by atoms with van der Waals surface area (Å²) >= 11 is 0. The zero-order chi connectivity index (χ0) is 14.4. The summed E-state index contributed by atoms with van der Waals surface area (Å²) in [6.07, 6.45) is 3.95. The molecule has 1 atom stereocenters. The van der Waals surface area contributed by atoms with E-state index >= 15 is 0 Å². The maximum absolute atomic E-state index is 5.75. The predicted molar refractivity (Wildman–Crippen MR) is 92.9 cm³/mol. The van der Waals surface area contributed by atoms with E-state index in [9.17, 15) is 0 Å². The van der Waals surface area contributed by atoms with Crippen molar-refractivity contribution in [2.24, 2.45) is 4.99 Å². The third-order valence-corrected chi connectivity index (χ3v) is 3.60. The molecule has 120 valence electrons. The molecule has 2 heterocycles. The topological polar surface area (TPSA) is 76.4 Å². The normalized spacial score (nSPS) is 22.0. The minimum absolute atomic E-state index is 0. The highest BCUT2D eigenvalue weighted by atomic mass is 127. The van der Waals surface area contributed by atoms with Crippen LogP contribution >= 0.6 is 24.0 Å². The largest absolute Gasteiger partial charge is 0.373 e. The van der Waals surface area contributed by atoms with Gasteiger partial charge in [-0.2, -0.15) is 0 Å². The smallest absolute Gasteiger partial charge is 0.191 e. The van der Waals surface area contributed by atoms with Gasteiger partial charge < -0.3 is 19.9 Å². The summed E-state index contributed by atoms with van der Waals surface area (Å²) in [6, 6.07) is 0. The lowest BCUT2D eigenvalue weighted by molar-refractivity contribution is 0.0243. The SMILES string of the molecule is CCn1cnnc1CNC(=NC)NCC1(C)CCCO1.I. The zero-order valence-electron chi connectivity index (χ0n) is 12.9. The van der Waals surface area contributed by atoms with Crippen LogP contribution in [0.2, 0.25) is 0 Å². The molecule has 7 nitrogen and oxygen atoms in total. The van der Waals surface area contributed by atoms with E-state index in [1.54, 1.807) is 13.4 Å². The highest BCUT2D eigenvalue weighted by molar-refractivity contribution is 14.0. The van der Waals surface area contributed by atoms with Crippen LogP contribution in [0.3, 0.4) is 0 Å². The van der Waals surface area contributed by atoms with Gasteiger partial charge in [0.05, 0.1) is 12.1 Å². The Hall–Kier alpha value is -0.900. The second kappa shape index (κ2) is 8.52. The summed E-state index contributed by atoms with van der Waals surface area (Å²) in [5, 5.41) is 14.6. The molecule has 0 bridgehead atoms.